The van der Waals surface area contributed by atoms with Crippen LogP contribution in [0.1, 0.15) is 64.7 Å². The van der Waals surface area contributed by atoms with Gasteiger partial charge in [0.2, 0.25) is 5.91 Å². The average Bonchev–Trinajstić information content (AvgIpc) is 2.71. The lowest BCUT2D eigenvalue weighted by atomic mass is 9.81. The van der Waals surface area contributed by atoms with Crippen molar-refractivity contribution in [3.63, 3.8) is 0 Å². The summed E-state index contributed by atoms with van der Waals surface area (Å²) in [6, 6.07) is 2.29. The SMILES string of the molecule is CC1CCCC1(C#N)NC(=O)CC1(O)CCCCC1. The van der Waals surface area contributed by atoms with Gasteiger partial charge in [-0.05, 0) is 38.0 Å². The van der Waals surface area contributed by atoms with Crippen LogP contribution in [-0.4, -0.2) is 22.2 Å². The average molecular weight is 264 g/mol. The van der Waals surface area contributed by atoms with Crippen LogP contribution in [0.4, 0.5) is 0 Å². The predicted molar refractivity (Wildman–Crippen MR) is 72.2 cm³/mol. The molecule has 0 aromatic rings. The first-order chi connectivity index (χ1) is 9.00. The van der Waals surface area contributed by atoms with Crippen LogP contribution in [0.15, 0.2) is 0 Å². The third-order valence-electron chi connectivity index (χ3n) is 4.89. The number of nitrogens with one attached hydrogen (secondary N) is 1. The molecule has 0 heterocycles. The zero-order valence-electron chi connectivity index (χ0n) is 11.7. The third kappa shape index (κ3) is 3.09. The van der Waals surface area contributed by atoms with Gasteiger partial charge in [0.05, 0.1) is 18.1 Å². The minimum absolute atomic E-state index is 0.142. The van der Waals surface area contributed by atoms with Crippen LogP contribution < -0.4 is 5.32 Å². The molecule has 0 saturated heterocycles. The molecule has 2 atom stereocenters. The van der Waals surface area contributed by atoms with Gasteiger partial charge in [-0.2, -0.15) is 5.26 Å². The number of amides is 1. The Bertz CT molecular complexity index is 382. The van der Waals surface area contributed by atoms with E-state index >= 15 is 0 Å². The lowest BCUT2D eigenvalue weighted by Crippen LogP contribution is -2.51. The fraction of sp³-hybridized carbons (Fsp3) is 0.867. The molecular weight excluding hydrogens is 240 g/mol. The van der Waals surface area contributed by atoms with E-state index in [0.29, 0.717) is 12.8 Å². The summed E-state index contributed by atoms with van der Waals surface area (Å²) < 4.78 is 0. The van der Waals surface area contributed by atoms with Gasteiger partial charge >= 0.3 is 0 Å². The molecule has 2 N–H and O–H groups in total. The van der Waals surface area contributed by atoms with Gasteiger partial charge in [0.25, 0.3) is 0 Å². The van der Waals surface area contributed by atoms with Crippen LogP contribution in [-0.2, 0) is 4.79 Å². The highest BCUT2D eigenvalue weighted by atomic mass is 16.3. The first-order valence-electron chi connectivity index (χ1n) is 7.44. The Morgan fingerprint density at radius 2 is 2.00 bits per heavy atom. The second-order valence-electron chi connectivity index (χ2n) is 6.39. The second-order valence-corrected chi connectivity index (χ2v) is 6.39. The summed E-state index contributed by atoms with van der Waals surface area (Å²) in [6.07, 6.45) is 7.37. The molecule has 4 nitrogen and oxygen atoms in total. The number of aliphatic hydroxyl groups is 1. The molecule has 0 aromatic carbocycles. The van der Waals surface area contributed by atoms with Crippen LogP contribution in [0.25, 0.3) is 0 Å². The molecule has 2 aliphatic carbocycles. The van der Waals surface area contributed by atoms with E-state index in [1.165, 1.54) is 0 Å². The summed E-state index contributed by atoms with van der Waals surface area (Å²) in [5, 5.41) is 22.7. The van der Waals surface area contributed by atoms with Gasteiger partial charge in [0.15, 0.2) is 0 Å². The molecule has 2 fully saturated rings. The minimum atomic E-state index is -0.846. The van der Waals surface area contributed by atoms with Crippen molar-refractivity contribution >= 4 is 5.91 Å². The Kier molecular flexibility index (Phi) is 4.15. The van der Waals surface area contributed by atoms with Gasteiger partial charge < -0.3 is 10.4 Å². The summed E-state index contributed by atoms with van der Waals surface area (Å²) in [5.74, 6) is 0.0298. The van der Waals surface area contributed by atoms with E-state index in [0.717, 1.165) is 38.5 Å². The first kappa shape index (κ1) is 14.3. The number of nitrogens with zero attached hydrogens (tertiary/aromatic N) is 1. The van der Waals surface area contributed by atoms with Crippen molar-refractivity contribution in [1.82, 2.24) is 5.32 Å². The largest absolute Gasteiger partial charge is 0.389 e. The second kappa shape index (κ2) is 5.50. The van der Waals surface area contributed by atoms with E-state index in [4.69, 9.17) is 0 Å². The van der Waals surface area contributed by atoms with E-state index in [2.05, 4.69) is 11.4 Å². The summed E-state index contributed by atoms with van der Waals surface area (Å²) >= 11 is 0. The van der Waals surface area contributed by atoms with Crippen molar-refractivity contribution in [3.8, 4) is 6.07 Å². The highest BCUT2D eigenvalue weighted by molar-refractivity contribution is 5.78. The Balaban J connectivity index is 1.95. The fourth-order valence-corrected chi connectivity index (χ4v) is 3.54. The maximum Gasteiger partial charge on any atom is 0.224 e. The topological polar surface area (TPSA) is 73.1 Å². The maximum atomic E-state index is 12.2. The lowest BCUT2D eigenvalue weighted by molar-refractivity contribution is -0.129. The number of nitriles is 1. The van der Waals surface area contributed by atoms with E-state index in [1.54, 1.807) is 0 Å². The highest BCUT2D eigenvalue weighted by Crippen LogP contribution is 2.36. The standard InChI is InChI=1S/C15H24N2O2/c1-12-6-5-9-15(12,11-16)17-13(18)10-14(19)7-3-2-4-8-14/h12,19H,2-10H2,1H3,(H,17,18). The molecule has 2 aliphatic rings. The van der Waals surface area contributed by atoms with Crippen molar-refractivity contribution in [2.45, 2.75) is 75.9 Å². The molecule has 0 bridgehead atoms. The molecule has 0 spiro atoms. The van der Waals surface area contributed by atoms with Crippen LogP contribution in [0.2, 0.25) is 0 Å². The predicted octanol–water partition coefficient (Wildman–Crippen LogP) is 2.27. The van der Waals surface area contributed by atoms with Crippen molar-refractivity contribution in [2.75, 3.05) is 0 Å². The summed E-state index contributed by atoms with van der Waals surface area (Å²) in [6.45, 7) is 2.02. The van der Waals surface area contributed by atoms with Crippen LogP contribution in [0.5, 0.6) is 0 Å². The smallest absolute Gasteiger partial charge is 0.224 e. The normalized spacial score (nSPS) is 33.6. The van der Waals surface area contributed by atoms with E-state index in [1.807, 2.05) is 6.92 Å². The van der Waals surface area contributed by atoms with Crippen molar-refractivity contribution in [2.24, 2.45) is 5.92 Å². The molecule has 0 radical (unpaired) electrons. The van der Waals surface area contributed by atoms with Gasteiger partial charge in [0, 0.05) is 0 Å². The van der Waals surface area contributed by atoms with Crippen molar-refractivity contribution < 1.29 is 9.90 Å². The van der Waals surface area contributed by atoms with E-state index in [9.17, 15) is 15.2 Å². The first-order valence-corrected chi connectivity index (χ1v) is 7.44. The Morgan fingerprint density at radius 3 is 2.53 bits per heavy atom. The highest BCUT2D eigenvalue weighted by Gasteiger charge is 2.43. The Hall–Kier alpha value is -1.08. The molecule has 2 rings (SSSR count). The Morgan fingerprint density at radius 1 is 1.32 bits per heavy atom. The number of hydrogen-bond donors (Lipinski definition) is 2. The molecule has 4 heteroatoms. The zero-order chi connectivity index (χ0) is 13.9. The Labute approximate surface area is 115 Å². The summed E-state index contributed by atoms with van der Waals surface area (Å²) in [4.78, 5) is 12.2. The molecule has 106 valence electrons. The zero-order valence-corrected chi connectivity index (χ0v) is 11.7. The van der Waals surface area contributed by atoms with Crippen molar-refractivity contribution in [3.05, 3.63) is 0 Å². The molecule has 19 heavy (non-hydrogen) atoms. The van der Waals surface area contributed by atoms with Crippen LogP contribution in [0, 0.1) is 17.2 Å². The summed E-state index contributed by atoms with van der Waals surface area (Å²) in [5.41, 5.74) is -1.55. The van der Waals surface area contributed by atoms with Gasteiger partial charge in [-0.25, -0.2) is 0 Å². The molecule has 2 saturated carbocycles. The molecule has 2 unspecified atom stereocenters. The van der Waals surface area contributed by atoms with Crippen LogP contribution >= 0.6 is 0 Å². The van der Waals surface area contributed by atoms with Gasteiger partial charge in [0.1, 0.15) is 5.54 Å². The molecule has 0 aliphatic heterocycles. The van der Waals surface area contributed by atoms with E-state index in [-0.39, 0.29) is 18.2 Å². The number of carbonyl (C=O) groups is 1. The quantitative estimate of drug-likeness (QED) is 0.821. The minimum Gasteiger partial charge on any atom is -0.389 e. The van der Waals surface area contributed by atoms with Crippen LogP contribution in [0.3, 0.4) is 0 Å². The summed E-state index contributed by atoms with van der Waals surface area (Å²) in [7, 11) is 0. The van der Waals surface area contributed by atoms with Gasteiger partial charge in [-0.15, -0.1) is 0 Å². The lowest BCUT2D eigenvalue weighted by Gasteiger charge is -2.33. The molecule has 0 aromatic heterocycles. The maximum absolute atomic E-state index is 12.2. The molecule has 1 amide bonds. The van der Waals surface area contributed by atoms with E-state index < -0.39 is 11.1 Å². The molecular formula is C15H24N2O2. The van der Waals surface area contributed by atoms with Gasteiger partial charge in [-0.3, -0.25) is 4.79 Å². The number of hydrogen-bond acceptors (Lipinski definition) is 3. The monoisotopic (exact) mass is 264 g/mol. The third-order valence-corrected chi connectivity index (χ3v) is 4.89. The fourth-order valence-electron chi connectivity index (χ4n) is 3.54. The van der Waals surface area contributed by atoms with Gasteiger partial charge in [-0.1, -0.05) is 26.2 Å². The van der Waals surface area contributed by atoms with Crippen molar-refractivity contribution in [1.29, 1.82) is 5.26 Å². The number of carbonyl (C=O) groups excluding carboxylic acids is 1. The number of rotatable bonds is 3.